The molecule has 0 radical (unpaired) electrons. The van der Waals surface area contributed by atoms with Gasteiger partial charge in [-0.05, 0) is 12.8 Å². The fraction of sp³-hybridized carbons (Fsp3) is 0.615. The van der Waals surface area contributed by atoms with Crippen LogP contribution in [0.3, 0.4) is 0 Å². The number of rotatable bonds is 4. The summed E-state index contributed by atoms with van der Waals surface area (Å²) in [6.07, 6.45) is -1.25. The van der Waals surface area contributed by atoms with E-state index >= 15 is 0 Å². The largest absolute Gasteiger partial charge is 0.453 e. The van der Waals surface area contributed by atoms with Crippen LogP contribution in [0.15, 0.2) is 5.16 Å². The number of amides is 4. The van der Waals surface area contributed by atoms with Crippen molar-refractivity contribution in [3.63, 3.8) is 0 Å². The minimum absolute atomic E-state index is 0.225. The van der Waals surface area contributed by atoms with Crippen LogP contribution in [-0.4, -0.2) is 49.0 Å². The SMILES string of the molecule is Nn1c(SCC(=O)NN2C(=O)NC3(CCCCC3)C2=O)nnc1C(F)(F)F. The molecule has 1 aromatic heterocycles. The van der Waals surface area contributed by atoms with Gasteiger partial charge in [0, 0.05) is 0 Å². The molecule has 1 spiro atoms. The lowest BCUT2D eigenvalue weighted by Crippen LogP contribution is -2.51. The Bertz CT molecular complexity index is 776. The quantitative estimate of drug-likeness (QED) is 0.373. The van der Waals surface area contributed by atoms with E-state index in [1.807, 2.05) is 0 Å². The zero-order chi connectivity index (χ0) is 19.8. The number of nitrogen functional groups attached to an aromatic ring is 1. The van der Waals surface area contributed by atoms with Crippen LogP contribution in [-0.2, 0) is 15.8 Å². The summed E-state index contributed by atoms with van der Waals surface area (Å²) in [6, 6.07) is -0.735. The molecule has 2 fully saturated rings. The lowest BCUT2D eigenvalue weighted by Gasteiger charge is -2.30. The van der Waals surface area contributed by atoms with Crippen molar-refractivity contribution >= 4 is 29.6 Å². The van der Waals surface area contributed by atoms with Crippen LogP contribution in [0.25, 0.3) is 0 Å². The first-order valence-electron chi connectivity index (χ1n) is 8.01. The van der Waals surface area contributed by atoms with Gasteiger partial charge in [-0.2, -0.15) is 18.2 Å². The van der Waals surface area contributed by atoms with Crippen LogP contribution >= 0.6 is 11.8 Å². The highest BCUT2D eigenvalue weighted by molar-refractivity contribution is 7.99. The summed E-state index contributed by atoms with van der Waals surface area (Å²) < 4.78 is 38.1. The lowest BCUT2D eigenvalue weighted by atomic mass is 9.82. The van der Waals surface area contributed by atoms with Crippen LogP contribution in [0, 0.1) is 0 Å². The third kappa shape index (κ3) is 3.65. The number of nitrogens with zero attached hydrogens (tertiary/aromatic N) is 4. The van der Waals surface area contributed by atoms with Crippen LogP contribution in [0.1, 0.15) is 37.9 Å². The fourth-order valence-electron chi connectivity index (χ4n) is 3.07. The third-order valence-electron chi connectivity index (χ3n) is 4.36. The molecule has 2 aliphatic rings. The standard InChI is InChI=1S/C13H16F3N7O3S/c14-13(15,16)8-19-20-11(22(8)17)27-6-7(24)21-23-9(25)12(18-10(23)26)4-2-1-3-5-12/h1-6,17H2,(H,18,26)(H,21,24). The number of urea groups is 1. The Labute approximate surface area is 155 Å². The van der Waals surface area contributed by atoms with Crippen molar-refractivity contribution in [1.82, 2.24) is 30.6 Å². The van der Waals surface area contributed by atoms with Gasteiger partial charge in [0.15, 0.2) is 0 Å². The van der Waals surface area contributed by atoms with Crippen LogP contribution in [0.5, 0.6) is 0 Å². The van der Waals surface area contributed by atoms with E-state index in [2.05, 4.69) is 20.9 Å². The van der Waals surface area contributed by atoms with Gasteiger partial charge in [-0.15, -0.1) is 10.2 Å². The number of aromatic nitrogens is 3. The van der Waals surface area contributed by atoms with Gasteiger partial charge in [0.2, 0.25) is 11.1 Å². The highest BCUT2D eigenvalue weighted by Crippen LogP contribution is 2.33. The number of hydrazine groups is 1. The summed E-state index contributed by atoms with van der Waals surface area (Å²) in [6.45, 7) is 0. The Hall–Kier alpha value is -2.51. The smallest absolute Gasteiger partial charge is 0.335 e. The van der Waals surface area contributed by atoms with Gasteiger partial charge in [0.25, 0.3) is 11.7 Å². The van der Waals surface area contributed by atoms with Crippen molar-refractivity contribution in [3.05, 3.63) is 5.82 Å². The van der Waals surface area contributed by atoms with Crippen molar-refractivity contribution in [2.45, 2.75) is 49.0 Å². The molecule has 10 nitrogen and oxygen atoms in total. The van der Waals surface area contributed by atoms with E-state index in [0.717, 1.165) is 19.3 Å². The molecule has 0 aromatic carbocycles. The number of halogens is 3. The molecule has 0 bridgehead atoms. The first-order chi connectivity index (χ1) is 12.6. The molecule has 27 heavy (non-hydrogen) atoms. The van der Waals surface area contributed by atoms with Gasteiger partial charge >= 0.3 is 12.2 Å². The van der Waals surface area contributed by atoms with E-state index < -0.39 is 41.1 Å². The second-order valence-electron chi connectivity index (χ2n) is 6.21. The van der Waals surface area contributed by atoms with Gasteiger partial charge in [-0.25, -0.2) is 9.47 Å². The zero-order valence-electron chi connectivity index (χ0n) is 13.9. The van der Waals surface area contributed by atoms with E-state index in [9.17, 15) is 27.6 Å². The molecule has 148 valence electrons. The zero-order valence-corrected chi connectivity index (χ0v) is 14.7. The van der Waals surface area contributed by atoms with Gasteiger partial charge in [0.05, 0.1) is 5.75 Å². The first kappa shape index (κ1) is 19.3. The summed E-state index contributed by atoms with van der Waals surface area (Å²) >= 11 is 0.588. The average Bonchev–Trinajstić information content (AvgIpc) is 3.07. The Morgan fingerprint density at radius 3 is 2.52 bits per heavy atom. The third-order valence-corrected chi connectivity index (χ3v) is 5.30. The molecule has 1 aromatic rings. The molecule has 4 N–H and O–H groups in total. The Morgan fingerprint density at radius 2 is 1.93 bits per heavy atom. The number of carbonyl (C=O) groups excluding carboxylic acids is 3. The molecule has 0 unspecified atom stereocenters. The first-order valence-corrected chi connectivity index (χ1v) is 8.99. The fourth-order valence-corrected chi connectivity index (χ4v) is 3.72. The molecule has 4 amide bonds. The Kier molecular flexibility index (Phi) is 4.92. The van der Waals surface area contributed by atoms with Crippen molar-refractivity contribution < 1.29 is 27.6 Å². The molecular weight excluding hydrogens is 391 g/mol. The monoisotopic (exact) mass is 407 g/mol. The molecule has 1 aliphatic heterocycles. The van der Waals surface area contributed by atoms with Gasteiger partial charge in [-0.1, -0.05) is 31.0 Å². The predicted octanol–water partition coefficient (Wildman–Crippen LogP) is 0.389. The van der Waals surface area contributed by atoms with Gasteiger partial charge in [-0.3, -0.25) is 15.0 Å². The molecule has 0 atom stereocenters. The Morgan fingerprint density at radius 1 is 1.26 bits per heavy atom. The summed E-state index contributed by atoms with van der Waals surface area (Å²) in [7, 11) is 0. The van der Waals surface area contributed by atoms with E-state index in [1.165, 1.54) is 0 Å². The maximum atomic E-state index is 12.6. The van der Waals surface area contributed by atoms with E-state index in [-0.39, 0.29) is 9.83 Å². The van der Waals surface area contributed by atoms with Crippen molar-refractivity contribution in [2.75, 3.05) is 11.6 Å². The minimum Gasteiger partial charge on any atom is -0.335 e. The maximum Gasteiger partial charge on any atom is 0.453 e. The number of alkyl halides is 3. The van der Waals surface area contributed by atoms with Crippen molar-refractivity contribution in [1.29, 1.82) is 0 Å². The highest BCUT2D eigenvalue weighted by atomic mass is 32.2. The van der Waals surface area contributed by atoms with Crippen LogP contribution in [0.4, 0.5) is 18.0 Å². The summed E-state index contributed by atoms with van der Waals surface area (Å²) in [5.41, 5.74) is 1.18. The minimum atomic E-state index is -4.78. The van der Waals surface area contributed by atoms with Gasteiger partial charge in [0.1, 0.15) is 5.54 Å². The maximum absolute atomic E-state index is 12.6. The molecule has 1 saturated heterocycles. The number of nitrogens with one attached hydrogen (secondary N) is 2. The van der Waals surface area contributed by atoms with Crippen LogP contribution < -0.4 is 16.6 Å². The molecule has 2 heterocycles. The number of hydrogen-bond acceptors (Lipinski definition) is 7. The summed E-state index contributed by atoms with van der Waals surface area (Å²) in [5.74, 6) is 2.14. The molecule has 3 rings (SSSR count). The van der Waals surface area contributed by atoms with E-state index in [0.29, 0.717) is 29.6 Å². The van der Waals surface area contributed by atoms with Crippen molar-refractivity contribution in [2.24, 2.45) is 0 Å². The topological polar surface area (TPSA) is 135 Å². The lowest BCUT2D eigenvalue weighted by molar-refractivity contribution is -0.146. The summed E-state index contributed by atoms with van der Waals surface area (Å²) in [4.78, 5) is 36.6. The number of nitrogens with two attached hydrogens (primary N) is 1. The number of carbonyl (C=O) groups is 3. The Balaban J connectivity index is 1.59. The van der Waals surface area contributed by atoms with Crippen molar-refractivity contribution in [3.8, 4) is 0 Å². The van der Waals surface area contributed by atoms with E-state index in [1.54, 1.807) is 0 Å². The number of imide groups is 1. The normalized spacial score (nSPS) is 19.4. The van der Waals surface area contributed by atoms with E-state index in [4.69, 9.17) is 5.84 Å². The summed E-state index contributed by atoms with van der Waals surface area (Å²) in [5, 5.41) is 9.11. The molecular formula is C13H16F3N7O3S. The number of thioether (sulfide) groups is 1. The molecule has 1 aliphatic carbocycles. The molecule has 1 saturated carbocycles. The highest BCUT2D eigenvalue weighted by Gasteiger charge is 2.52. The van der Waals surface area contributed by atoms with Gasteiger partial charge < -0.3 is 11.2 Å². The number of hydrogen-bond donors (Lipinski definition) is 3. The second kappa shape index (κ2) is 6.90. The van der Waals surface area contributed by atoms with Crippen LogP contribution in [0.2, 0.25) is 0 Å². The predicted molar refractivity (Wildman–Crippen MR) is 85.2 cm³/mol. The second-order valence-corrected chi connectivity index (χ2v) is 7.15. The average molecular weight is 407 g/mol. The molecule has 14 heteroatoms.